The Bertz CT molecular complexity index is 532. The van der Waals surface area contributed by atoms with E-state index < -0.39 is 0 Å². The van der Waals surface area contributed by atoms with Crippen molar-refractivity contribution in [1.82, 2.24) is 0 Å². The molecule has 0 aromatic heterocycles. The van der Waals surface area contributed by atoms with Crippen molar-refractivity contribution in [3.63, 3.8) is 0 Å². The van der Waals surface area contributed by atoms with E-state index in [-0.39, 0.29) is 11.5 Å². The molecule has 1 unspecified atom stereocenters. The molecular formula is C18H21NO. The lowest BCUT2D eigenvalue weighted by Crippen LogP contribution is -2.43. The van der Waals surface area contributed by atoms with Gasteiger partial charge in [-0.05, 0) is 24.0 Å². The zero-order chi connectivity index (χ0) is 13.8. The Morgan fingerprint density at radius 3 is 2.00 bits per heavy atom. The van der Waals surface area contributed by atoms with Gasteiger partial charge in [-0.3, -0.25) is 0 Å². The lowest BCUT2D eigenvalue weighted by Gasteiger charge is -2.42. The summed E-state index contributed by atoms with van der Waals surface area (Å²) in [4.78, 5) is 0. The summed E-state index contributed by atoms with van der Waals surface area (Å²) in [5.41, 5.74) is 9.21. The molecule has 0 spiro atoms. The Balaban J connectivity index is 2.02. The van der Waals surface area contributed by atoms with E-state index in [0.29, 0.717) is 0 Å². The van der Waals surface area contributed by atoms with Gasteiger partial charge in [0.1, 0.15) is 0 Å². The first kappa shape index (κ1) is 13.3. The van der Waals surface area contributed by atoms with Crippen molar-refractivity contribution in [2.24, 2.45) is 5.73 Å². The quantitative estimate of drug-likeness (QED) is 0.924. The third kappa shape index (κ3) is 2.37. The lowest BCUT2D eigenvalue weighted by molar-refractivity contribution is 0.0398. The maximum atomic E-state index is 6.68. The van der Waals surface area contributed by atoms with Crippen LogP contribution in [0.1, 0.15) is 30.0 Å². The summed E-state index contributed by atoms with van der Waals surface area (Å²) in [7, 11) is 0. The van der Waals surface area contributed by atoms with Crippen molar-refractivity contribution >= 4 is 0 Å². The van der Waals surface area contributed by atoms with Crippen molar-refractivity contribution < 1.29 is 4.74 Å². The molecule has 0 amide bonds. The lowest BCUT2D eigenvalue weighted by atomic mass is 9.67. The van der Waals surface area contributed by atoms with Crippen LogP contribution in [0, 0.1) is 0 Å². The van der Waals surface area contributed by atoms with Crippen LogP contribution in [0.25, 0.3) is 0 Å². The minimum atomic E-state index is -0.0130. The highest BCUT2D eigenvalue weighted by Gasteiger charge is 2.40. The highest BCUT2D eigenvalue weighted by molar-refractivity contribution is 5.33. The van der Waals surface area contributed by atoms with E-state index in [0.717, 1.165) is 26.1 Å². The average molecular weight is 267 g/mol. The smallest absolute Gasteiger partial charge is 0.0475 e. The van der Waals surface area contributed by atoms with Gasteiger partial charge >= 0.3 is 0 Å². The van der Waals surface area contributed by atoms with Crippen LogP contribution in [0.4, 0.5) is 0 Å². The molecule has 1 fully saturated rings. The predicted molar refractivity (Wildman–Crippen MR) is 81.5 cm³/mol. The monoisotopic (exact) mass is 267 g/mol. The van der Waals surface area contributed by atoms with Crippen molar-refractivity contribution in [3.05, 3.63) is 71.8 Å². The maximum absolute atomic E-state index is 6.68. The molecule has 1 aliphatic heterocycles. The molecule has 2 N–H and O–H groups in total. The van der Waals surface area contributed by atoms with Crippen molar-refractivity contribution in [2.75, 3.05) is 13.2 Å². The summed E-state index contributed by atoms with van der Waals surface area (Å²) in [6.45, 7) is 1.57. The van der Waals surface area contributed by atoms with Crippen molar-refractivity contribution in [3.8, 4) is 0 Å². The van der Waals surface area contributed by atoms with E-state index in [1.807, 2.05) is 6.07 Å². The first-order valence-corrected chi connectivity index (χ1v) is 7.27. The number of nitrogens with two attached hydrogens (primary N) is 1. The number of hydrogen-bond donors (Lipinski definition) is 1. The molecule has 2 aromatic carbocycles. The minimum absolute atomic E-state index is 0.00926. The largest absolute Gasteiger partial charge is 0.381 e. The molecule has 20 heavy (non-hydrogen) atoms. The van der Waals surface area contributed by atoms with Crippen LogP contribution in [-0.4, -0.2) is 13.2 Å². The van der Waals surface area contributed by atoms with Gasteiger partial charge in [0.2, 0.25) is 0 Å². The Morgan fingerprint density at radius 2 is 1.40 bits per heavy atom. The summed E-state index contributed by atoms with van der Waals surface area (Å²) in [6.07, 6.45) is 1.96. The molecule has 2 aromatic rings. The van der Waals surface area contributed by atoms with Crippen LogP contribution in [0.5, 0.6) is 0 Å². The zero-order valence-corrected chi connectivity index (χ0v) is 11.7. The molecule has 1 atom stereocenters. The van der Waals surface area contributed by atoms with Crippen molar-refractivity contribution in [2.45, 2.75) is 24.3 Å². The average Bonchev–Trinajstić information content (AvgIpc) is 2.56. The number of ether oxygens (including phenoxy) is 1. The summed E-state index contributed by atoms with van der Waals surface area (Å²) in [5, 5.41) is 0. The van der Waals surface area contributed by atoms with Crippen LogP contribution in [0.3, 0.4) is 0 Å². The van der Waals surface area contributed by atoms with Gasteiger partial charge in [-0.15, -0.1) is 0 Å². The van der Waals surface area contributed by atoms with Gasteiger partial charge in [0.25, 0.3) is 0 Å². The fourth-order valence-electron chi connectivity index (χ4n) is 3.26. The highest BCUT2D eigenvalue weighted by atomic mass is 16.5. The van der Waals surface area contributed by atoms with E-state index in [4.69, 9.17) is 10.5 Å². The molecule has 2 heteroatoms. The first-order chi connectivity index (χ1) is 9.83. The molecule has 0 radical (unpaired) electrons. The summed E-state index contributed by atoms with van der Waals surface area (Å²) >= 11 is 0. The second-order valence-electron chi connectivity index (χ2n) is 5.52. The van der Waals surface area contributed by atoms with E-state index in [2.05, 4.69) is 54.6 Å². The molecule has 3 rings (SSSR count). The molecule has 1 aliphatic rings. The number of benzene rings is 2. The molecule has 1 saturated heterocycles. The van der Waals surface area contributed by atoms with Crippen LogP contribution in [0.2, 0.25) is 0 Å². The van der Waals surface area contributed by atoms with Gasteiger partial charge in [0, 0.05) is 24.7 Å². The summed E-state index contributed by atoms with van der Waals surface area (Å²) in [5.74, 6) is 0. The van der Waals surface area contributed by atoms with Gasteiger partial charge < -0.3 is 10.5 Å². The molecule has 104 valence electrons. The molecule has 0 aliphatic carbocycles. The van der Waals surface area contributed by atoms with E-state index in [1.165, 1.54) is 11.1 Å². The van der Waals surface area contributed by atoms with Crippen LogP contribution in [0.15, 0.2) is 60.7 Å². The third-order valence-corrected chi connectivity index (χ3v) is 4.49. The summed E-state index contributed by atoms with van der Waals surface area (Å²) < 4.78 is 5.58. The second-order valence-corrected chi connectivity index (χ2v) is 5.52. The van der Waals surface area contributed by atoms with Gasteiger partial charge in [-0.1, -0.05) is 60.7 Å². The van der Waals surface area contributed by atoms with E-state index >= 15 is 0 Å². The van der Waals surface area contributed by atoms with Gasteiger partial charge in [-0.25, -0.2) is 0 Å². The van der Waals surface area contributed by atoms with Crippen LogP contribution >= 0.6 is 0 Å². The van der Waals surface area contributed by atoms with Crippen LogP contribution in [-0.2, 0) is 10.2 Å². The van der Waals surface area contributed by atoms with Crippen LogP contribution < -0.4 is 5.73 Å². The SMILES string of the molecule is NC(c1ccccc1)C1(c2ccccc2)CCOCC1. The number of hydrogen-bond acceptors (Lipinski definition) is 2. The third-order valence-electron chi connectivity index (χ3n) is 4.49. The second kappa shape index (κ2) is 5.78. The normalized spacial score (nSPS) is 19.4. The Labute approximate surface area is 120 Å². The Hall–Kier alpha value is -1.64. The van der Waals surface area contributed by atoms with Gasteiger partial charge in [0.05, 0.1) is 0 Å². The van der Waals surface area contributed by atoms with Gasteiger partial charge in [-0.2, -0.15) is 0 Å². The molecule has 0 bridgehead atoms. The topological polar surface area (TPSA) is 35.2 Å². The van der Waals surface area contributed by atoms with Gasteiger partial charge in [0.15, 0.2) is 0 Å². The molecule has 2 nitrogen and oxygen atoms in total. The van der Waals surface area contributed by atoms with Crippen molar-refractivity contribution in [1.29, 1.82) is 0 Å². The Kier molecular flexibility index (Phi) is 3.86. The Morgan fingerprint density at radius 1 is 0.850 bits per heavy atom. The zero-order valence-electron chi connectivity index (χ0n) is 11.7. The summed E-state index contributed by atoms with van der Waals surface area (Å²) in [6, 6.07) is 21.1. The van der Waals surface area contributed by atoms with E-state index in [1.54, 1.807) is 0 Å². The fraction of sp³-hybridized carbons (Fsp3) is 0.333. The first-order valence-electron chi connectivity index (χ1n) is 7.27. The minimum Gasteiger partial charge on any atom is -0.381 e. The predicted octanol–water partition coefficient (Wildman–Crippen LogP) is 3.43. The molecular weight excluding hydrogens is 246 g/mol. The van der Waals surface area contributed by atoms with E-state index in [9.17, 15) is 0 Å². The fourth-order valence-corrected chi connectivity index (χ4v) is 3.26. The molecule has 0 saturated carbocycles. The molecule has 1 heterocycles. The standard InChI is InChI=1S/C18H21NO/c19-17(15-7-3-1-4-8-15)18(11-13-20-14-12-18)16-9-5-2-6-10-16/h1-10,17H,11-14,19H2. The highest BCUT2D eigenvalue weighted by Crippen LogP contribution is 2.43. The number of rotatable bonds is 3. The maximum Gasteiger partial charge on any atom is 0.0475 e.